The largest absolute Gasteiger partial charge is 0.439 e. The number of carbonyl (C=O) groups is 2. The molecule has 0 radical (unpaired) electrons. The molecule has 1 aromatic carbocycles. The van der Waals surface area contributed by atoms with E-state index in [2.05, 4.69) is 0 Å². The molecule has 0 spiro atoms. The molecule has 108 valence electrons. The van der Waals surface area contributed by atoms with Gasteiger partial charge in [-0.2, -0.15) is 0 Å². The number of benzene rings is 1. The van der Waals surface area contributed by atoms with Crippen molar-refractivity contribution < 1.29 is 14.3 Å². The summed E-state index contributed by atoms with van der Waals surface area (Å²) in [6, 6.07) is 9.28. The van der Waals surface area contributed by atoms with E-state index in [4.69, 9.17) is 4.74 Å². The summed E-state index contributed by atoms with van der Waals surface area (Å²) in [5.74, 6) is 0.133. The average molecular weight is 275 g/mol. The number of cyclic esters (lactones) is 1. The molecule has 4 heteroatoms. The molecular weight excluding hydrogens is 254 g/mol. The first-order chi connectivity index (χ1) is 9.54. The van der Waals surface area contributed by atoms with Gasteiger partial charge in [-0.3, -0.25) is 4.79 Å². The van der Waals surface area contributed by atoms with Crippen LogP contribution in [0.25, 0.3) is 0 Å². The van der Waals surface area contributed by atoms with Crippen molar-refractivity contribution in [3.05, 3.63) is 35.9 Å². The molecule has 3 atom stereocenters. The summed E-state index contributed by atoms with van der Waals surface area (Å²) >= 11 is 0. The highest BCUT2D eigenvalue weighted by Gasteiger charge is 2.43. The minimum Gasteiger partial charge on any atom is -0.439 e. The molecular formula is C16H21NO3. The van der Waals surface area contributed by atoms with Crippen molar-refractivity contribution in [1.29, 1.82) is 0 Å². The first-order valence-electron chi connectivity index (χ1n) is 7.12. The fourth-order valence-corrected chi connectivity index (χ4v) is 2.42. The van der Waals surface area contributed by atoms with Crippen LogP contribution in [0.2, 0.25) is 0 Å². The lowest BCUT2D eigenvalue weighted by Gasteiger charge is -2.20. The molecule has 0 N–H and O–H groups in total. The number of imide groups is 1. The highest BCUT2D eigenvalue weighted by Crippen LogP contribution is 2.33. The van der Waals surface area contributed by atoms with Gasteiger partial charge in [0.05, 0.1) is 6.04 Å². The van der Waals surface area contributed by atoms with Gasteiger partial charge in [-0.1, -0.05) is 50.6 Å². The lowest BCUT2D eigenvalue weighted by Crippen LogP contribution is -2.38. The van der Waals surface area contributed by atoms with Crippen LogP contribution in [0.5, 0.6) is 0 Å². The summed E-state index contributed by atoms with van der Waals surface area (Å²) in [4.78, 5) is 25.5. The first kappa shape index (κ1) is 14.6. The van der Waals surface area contributed by atoms with Crippen LogP contribution in [0, 0.1) is 5.92 Å². The first-order valence-corrected chi connectivity index (χ1v) is 7.12. The van der Waals surface area contributed by atoms with Gasteiger partial charge in [0, 0.05) is 6.42 Å². The lowest BCUT2D eigenvalue weighted by atomic mass is 10.0. The predicted octanol–water partition coefficient (Wildman–Crippen LogP) is 3.53. The quantitative estimate of drug-likeness (QED) is 0.844. The summed E-state index contributed by atoms with van der Waals surface area (Å²) < 4.78 is 5.37. The van der Waals surface area contributed by atoms with E-state index in [1.165, 1.54) is 4.90 Å². The predicted molar refractivity (Wildman–Crippen MR) is 76.0 cm³/mol. The van der Waals surface area contributed by atoms with Crippen LogP contribution >= 0.6 is 0 Å². The Labute approximate surface area is 119 Å². The second-order valence-electron chi connectivity index (χ2n) is 5.44. The van der Waals surface area contributed by atoms with Crippen LogP contribution in [-0.2, 0) is 9.53 Å². The van der Waals surface area contributed by atoms with Gasteiger partial charge in [0.1, 0.15) is 6.10 Å². The van der Waals surface area contributed by atoms with Gasteiger partial charge in [0.15, 0.2) is 0 Å². The van der Waals surface area contributed by atoms with Gasteiger partial charge in [0.2, 0.25) is 5.91 Å². The maximum absolute atomic E-state index is 12.2. The standard InChI is InChI=1S/C16H21NO3/c1-4-11(2)10-14(18)17-12(3)15(20-16(17)19)13-8-6-5-7-9-13/h5-9,11-12,15H,4,10H2,1-3H3/t11?,12-,15-/m1/s1. The second kappa shape index (κ2) is 6.07. The Kier molecular flexibility index (Phi) is 4.42. The fourth-order valence-electron chi connectivity index (χ4n) is 2.42. The molecule has 1 aromatic rings. The summed E-state index contributed by atoms with van der Waals surface area (Å²) in [5, 5.41) is 0. The van der Waals surface area contributed by atoms with Crippen LogP contribution in [0.1, 0.15) is 45.3 Å². The van der Waals surface area contributed by atoms with Crippen molar-refractivity contribution in [2.24, 2.45) is 5.92 Å². The molecule has 1 aliphatic rings. The smallest absolute Gasteiger partial charge is 0.417 e. The van der Waals surface area contributed by atoms with E-state index < -0.39 is 6.09 Å². The summed E-state index contributed by atoms with van der Waals surface area (Å²) in [5.41, 5.74) is 0.923. The maximum atomic E-state index is 12.2. The molecule has 2 amide bonds. The van der Waals surface area contributed by atoms with Crippen molar-refractivity contribution in [2.75, 3.05) is 0 Å². The van der Waals surface area contributed by atoms with E-state index in [1.54, 1.807) is 0 Å². The number of ether oxygens (including phenoxy) is 1. The van der Waals surface area contributed by atoms with Crippen LogP contribution in [0.3, 0.4) is 0 Å². The third-order valence-electron chi connectivity index (χ3n) is 3.89. The normalized spacial score (nSPS) is 23.6. The molecule has 0 saturated carbocycles. The molecule has 20 heavy (non-hydrogen) atoms. The van der Waals surface area contributed by atoms with Crippen LogP contribution in [0.4, 0.5) is 4.79 Å². The summed E-state index contributed by atoms with van der Waals surface area (Å²) in [7, 11) is 0. The van der Waals surface area contributed by atoms with Crippen LogP contribution < -0.4 is 0 Å². The fraction of sp³-hybridized carbons (Fsp3) is 0.500. The topological polar surface area (TPSA) is 46.6 Å². The molecule has 1 aliphatic heterocycles. The number of rotatable bonds is 4. The zero-order valence-electron chi connectivity index (χ0n) is 12.2. The Balaban J connectivity index is 2.13. The van der Waals surface area contributed by atoms with Gasteiger partial charge < -0.3 is 4.74 Å². The van der Waals surface area contributed by atoms with Crippen LogP contribution in [-0.4, -0.2) is 22.9 Å². The van der Waals surface area contributed by atoms with Gasteiger partial charge in [0.25, 0.3) is 0 Å². The Bertz CT molecular complexity index is 486. The summed E-state index contributed by atoms with van der Waals surface area (Å²) in [6.07, 6.45) is 0.409. The molecule has 1 fully saturated rings. The minimum atomic E-state index is -0.528. The zero-order chi connectivity index (χ0) is 14.7. The molecule has 1 saturated heterocycles. The third-order valence-corrected chi connectivity index (χ3v) is 3.89. The number of nitrogens with zero attached hydrogens (tertiary/aromatic N) is 1. The summed E-state index contributed by atoms with van der Waals surface area (Å²) in [6.45, 7) is 5.91. The number of carbonyl (C=O) groups excluding carboxylic acids is 2. The molecule has 1 heterocycles. The molecule has 4 nitrogen and oxygen atoms in total. The molecule has 0 aliphatic carbocycles. The van der Waals surface area contributed by atoms with Crippen molar-refractivity contribution in [2.45, 2.75) is 45.8 Å². The van der Waals surface area contributed by atoms with Crippen molar-refractivity contribution in [1.82, 2.24) is 4.90 Å². The number of amides is 2. The number of hydrogen-bond acceptors (Lipinski definition) is 3. The zero-order valence-corrected chi connectivity index (χ0v) is 12.2. The van der Waals surface area contributed by atoms with Crippen molar-refractivity contribution >= 4 is 12.0 Å². The lowest BCUT2D eigenvalue weighted by molar-refractivity contribution is -0.130. The van der Waals surface area contributed by atoms with E-state index in [-0.39, 0.29) is 24.0 Å². The Hall–Kier alpha value is -1.84. The van der Waals surface area contributed by atoms with Gasteiger partial charge in [-0.25, -0.2) is 9.69 Å². The Morgan fingerprint density at radius 3 is 2.60 bits per heavy atom. The second-order valence-corrected chi connectivity index (χ2v) is 5.44. The van der Waals surface area contributed by atoms with E-state index >= 15 is 0 Å². The molecule has 0 aromatic heterocycles. The minimum absolute atomic E-state index is 0.143. The van der Waals surface area contributed by atoms with Crippen molar-refractivity contribution in [3.8, 4) is 0 Å². The van der Waals surface area contributed by atoms with E-state index in [1.807, 2.05) is 51.1 Å². The molecule has 1 unspecified atom stereocenters. The van der Waals surface area contributed by atoms with Crippen LogP contribution in [0.15, 0.2) is 30.3 Å². The monoisotopic (exact) mass is 275 g/mol. The van der Waals surface area contributed by atoms with E-state index in [0.29, 0.717) is 6.42 Å². The van der Waals surface area contributed by atoms with Gasteiger partial charge >= 0.3 is 6.09 Å². The highest BCUT2D eigenvalue weighted by molar-refractivity contribution is 5.93. The highest BCUT2D eigenvalue weighted by atomic mass is 16.6. The van der Waals surface area contributed by atoms with E-state index in [0.717, 1.165) is 12.0 Å². The Morgan fingerprint density at radius 2 is 2.00 bits per heavy atom. The van der Waals surface area contributed by atoms with Crippen molar-refractivity contribution in [3.63, 3.8) is 0 Å². The average Bonchev–Trinajstić information content (AvgIpc) is 2.74. The molecule has 2 rings (SSSR count). The van der Waals surface area contributed by atoms with Gasteiger partial charge in [-0.15, -0.1) is 0 Å². The Morgan fingerprint density at radius 1 is 1.35 bits per heavy atom. The third kappa shape index (κ3) is 2.84. The van der Waals surface area contributed by atoms with Gasteiger partial charge in [-0.05, 0) is 18.4 Å². The van der Waals surface area contributed by atoms with E-state index in [9.17, 15) is 9.59 Å². The number of hydrogen-bond donors (Lipinski definition) is 0. The maximum Gasteiger partial charge on any atom is 0.417 e. The SMILES string of the molecule is CCC(C)CC(=O)N1C(=O)O[C@@H](c2ccccc2)[C@H]1C. The molecule has 0 bridgehead atoms.